The molecule has 1 aromatic heterocycles. The van der Waals surface area contributed by atoms with Crippen LogP contribution in [0.25, 0.3) is 22.4 Å². The molecule has 9 heteroatoms. The molecule has 8 atom stereocenters. The molecule has 7 saturated carbocycles. The molecule has 3 aromatic carbocycles. The summed E-state index contributed by atoms with van der Waals surface area (Å²) in [6.07, 6.45) is 26.8. The van der Waals surface area contributed by atoms with Gasteiger partial charge in [0.15, 0.2) is 0 Å². The number of rotatable bonds is 15. The lowest BCUT2D eigenvalue weighted by atomic mass is 9.47. The summed E-state index contributed by atoms with van der Waals surface area (Å²) in [7, 11) is 2.01. The third kappa shape index (κ3) is 9.96. The quantitative estimate of drug-likeness (QED) is 0.0414. The lowest BCUT2D eigenvalue weighted by Crippen LogP contribution is -2.51. The van der Waals surface area contributed by atoms with Gasteiger partial charge in [-0.15, -0.1) is 0 Å². The van der Waals surface area contributed by atoms with E-state index in [0.29, 0.717) is 69.6 Å². The van der Waals surface area contributed by atoms with E-state index in [1.54, 1.807) is 30.3 Å². The number of carboxylic acids is 1. The average Bonchev–Trinajstić information content (AvgIpc) is 3.26. The molecule has 2 amide bonds. The second-order valence-corrected chi connectivity index (χ2v) is 27.4. The number of hydrogen-bond acceptors (Lipinski definition) is 6. The van der Waals surface area contributed by atoms with Gasteiger partial charge in [-0.05, 0) is 224 Å². The van der Waals surface area contributed by atoms with Crippen LogP contribution >= 0.6 is 0 Å². The fourth-order valence-corrected chi connectivity index (χ4v) is 18.6. The van der Waals surface area contributed by atoms with Crippen molar-refractivity contribution in [1.82, 2.24) is 4.57 Å². The largest absolute Gasteiger partial charge is 0.514 e. The first-order valence-corrected chi connectivity index (χ1v) is 31.1. The van der Waals surface area contributed by atoms with Crippen LogP contribution in [0.2, 0.25) is 0 Å². The van der Waals surface area contributed by atoms with E-state index in [-0.39, 0.29) is 28.9 Å². The normalized spacial score (nSPS) is 31.4. The van der Waals surface area contributed by atoms with Gasteiger partial charge in [0.2, 0.25) is 0 Å². The molecule has 1 aliphatic heterocycles. The molecule has 0 radical (unpaired) electrons. The maximum absolute atomic E-state index is 14.9. The number of aryl methyl sites for hydroxylation is 2. The summed E-state index contributed by atoms with van der Waals surface area (Å²) in [6.45, 7) is 14.6. The third-order valence-electron chi connectivity index (χ3n) is 22.2. The predicted molar refractivity (Wildman–Crippen MR) is 316 cm³/mol. The molecular formula is C71H86N2O7. The standard InChI is InChI=1S/C71H86N2O7/c1-8-10-44-13-24-56(68(76)77)59(38-44)48-15-17-49(18-16-48)63-39-45(41-72(63)7)14-25-58-65(64-50-34-46-33-47(36-50)37-51(64)35-46)67(75)73(66(58)74)53-20-22-54(23-21-53)79-69(78)80-55-29-31-70(5)52(40-55)19-26-57-61-28-27-60(43(4)12-9-11-42(2)3)71(61,6)32-30-62(57)70/h13,15-25,38-39,41-43,46-47,50-51,55,57,60-62H,8-12,14,26-37,40H2,1-7H3,(H,76,77). The number of anilines is 1. The van der Waals surface area contributed by atoms with Crippen molar-refractivity contribution >= 4 is 29.6 Å². The summed E-state index contributed by atoms with van der Waals surface area (Å²) in [6, 6.07) is 22.5. The number of nitrogens with zero attached hydrogens (tertiary/aromatic N) is 2. The number of carbonyl (C=O) groups is 4. The van der Waals surface area contributed by atoms with E-state index in [2.05, 4.69) is 64.4 Å². The minimum absolute atomic E-state index is 0.149. The highest BCUT2D eigenvalue weighted by Crippen LogP contribution is 2.68. The molecule has 422 valence electrons. The summed E-state index contributed by atoms with van der Waals surface area (Å²) in [5.41, 5.74) is 10.8. The Morgan fingerprint density at radius 2 is 1.52 bits per heavy atom. The zero-order valence-electron chi connectivity index (χ0n) is 48.7. The zero-order chi connectivity index (χ0) is 55.8. The van der Waals surface area contributed by atoms with Crippen LogP contribution in [-0.4, -0.2) is 39.7 Å². The van der Waals surface area contributed by atoms with Crippen LogP contribution < -0.4 is 9.64 Å². The van der Waals surface area contributed by atoms with Gasteiger partial charge in [-0.3, -0.25) is 9.59 Å². The van der Waals surface area contributed by atoms with Gasteiger partial charge >= 0.3 is 12.1 Å². The average molecular weight is 1080 g/mol. The molecule has 4 aromatic rings. The minimum Gasteiger partial charge on any atom is -0.478 e. The predicted octanol–water partition coefficient (Wildman–Crippen LogP) is 16.7. The molecule has 8 unspecified atom stereocenters. The maximum Gasteiger partial charge on any atom is 0.514 e. The van der Waals surface area contributed by atoms with Crippen molar-refractivity contribution in [1.29, 1.82) is 0 Å². The number of ether oxygens (including phenoxy) is 2. The van der Waals surface area contributed by atoms with Crippen molar-refractivity contribution < 1.29 is 33.8 Å². The number of aromatic carboxylic acids is 1. The van der Waals surface area contributed by atoms with E-state index in [1.807, 2.05) is 49.5 Å². The number of allylic oxidation sites excluding steroid dienone is 3. The Bertz CT molecular complexity index is 3120. The van der Waals surface area contributed by atoms with Gasteiger partial charge in [0.05, 0.1) is 16.8 Å². The summed E-state index contributed by atoms with van der Waals surface area (Å²) >= 11 is 0. The smallest absolute Gasteiger partial charge is 0.478 e. The number of fused-ring (bicyclic) bond motifs is 5. The van der Waals surface area contributed by atoms with Crippen LogP contribution in [0.3, 0.4) is 0 Å². The molecule has 80 heavy (non-hydrogen) atoms. The van der Waals surface area contributed by atoms with Crippen LogP contribution in [0.1, 0.15) is 172 Å². The van der Waals surface area contributed by atoms with Crippen molar-refractivity contribution in [3.63, 3.8) is 0 Å². The lowest BCUT2D eigenvalue weighted by molar-refractivity contribution is -0.119. The first-order valence-electron chi connectivity index (χ1n) is 31.1. The SMILES string of the molecule is CCCc1ccc(C(=O)O)c(-c2ccc(-c3cc(CC=C4C(=O)N(c5ccc(OC(=O)OC6CCC7(C)C(=CCC8C7CCC7(C)C(C(C)CCCC(C)C)CCC87)C6)cc5)C(=O)C4=C4C5CC6CC(C5)CC4C6)cn3C)cc2)c1. The van der Waals surface area contributed by atoms with Crippen LogP contribution in [0, 0.1) is 70.0 Å². The number of benzene rings is 3. The molecule has 8 fully saturated rings. The summed E-state index contributed by atoms with van der Waals surface area (Å²) in [4.78, 5) is 56.8. The van der Waals surface area contributed by atoms with E-state index in [4.69, 9.17) is 9.47 Å². The first kappa shape index (κ1) is 54.6. The highest BCUT2D eigenvalue weighted by Gasteiger charge is 2.59. The summed E-state index contributed by atoms with van der Waals surface area (Å²) in [5, 5.41) is 10.00. The second-order valence-electron chi connectivity index (χ2n) is 27.4. The van der Waals surface area contributed by atoms with Gasteiger partial charge in [0.25, 0.3) is 11.8 Å². The molecule has 4 bridgehead atoms. The van der Waals surface area contributed by atoms with Gasteiger partial charge in [-0.25, -0.2) is 14.5 Å². The van der Waals surface area contributed by atoms with Crippen molar-refractivity contribution in [2.45, 2.75) is 170 Å². The van der Waals surface area contributed by atoms with Crippen LogP contribution in [0.5, 0.6) is 5.75 Å². The Morgan fingerprint density at radius 1 is 0.800 bits per heavy atom. The number of carboxylic acid groups (broad SMARTS) is 1. The van der Waals surface area contributed by atoms with Crippen LogP contribution in [-0.2, 0) is 34.2 Å². The fraction of sp³-hybridized carbons (Fsp3) is 0.549. The molecule has 1 saturated heterocycles. The molecule has 13 rings (SSSR count). The van der Waals surface area contributed by atoms with Crippen molar-refractivity contribution in [3.8, 4) is 28.1 Å². The lowest BCUT2D eigenvalue weighted by Gasteiger charge is -2.58. The topological polar surface area (TPSA) is 115 Å². The number of carbonyl (C=O) groups excluding carboxylic acids is 3. The highest BCUT2D eigenvalue weighted by molar-refractivity contribution is 6.37. The van der Waals surface area contributed by atoms with Crippen LogP contribution in [0.4, 0.5) is 10.5 Å². The Labute approximate surface area is 475 Å². The van der Waals surface area contributed by atoms with Gasteiger partial charge in [0, 0.05) is 30.9 Å². The number of imide groups is 1. The van der Waals surface area contributed by atoms with Gasteiger partial charge in [0.1, 0.15) is 11.9 Å². The van der Waals surface area contributed by atoms with E-state index in [1.165, 1.54) is 67.4 Å². The van der Waals surface area contributed by atoms with Crippen molar-refractivity contribution in [2.75, 3.05) is 4.90 Å². The second kappa shape index (κ2) is 21.7. The van der Waals surface area contributed by atoms with E-state index < -0.39 is 12.1 Å². The summed E-state index contributed by atoms with van der Waals surface area (Å²) in [5.74, 6) is 5.47. The van der Waals surface area contributed by atoms with Crippen LogP contribution in [0.15, 0.2) is 113 Å². The molecule has 9 nitrogen and oxygen atoms in total. The van der Waals surface area contributed by atoms with E-state index in [0.717, 1.165) is 122 Å². The van der Waals surface area contributed by atoms with E-state index >= 15 is 0 Å². The number of aromatic nitrogens is 1. The zero-order valence-corrected chi connectivity index (χ0v) is 48.7. The van der Waals surface area contributed by atoms with E-state index in [9.17, 15) is 24.3 Å². The van der Waals surface area contributed by atoms with Gasteiger partial charge in [-0.2, -0.15) is 0 Å². The third-order valence-corrected chi connectivity index (χ3v) is 22.2. The molecule has 0 spiro atoms. The first-order chi connectivity index (χ1) is 38.5. The monoisotopic (exact) mass is 1080 g/mol. The van der Waals surface area contributed by atoms with Gasteiger partial charge in [-0.1, -0.05) is 127 Å². The molecule has 1 N–H and O–H groups in total. The Balaban J connectivity index is 0.720. The number of amides is 2. The maximum atomic E-state index is 14.9. The fourth-order valence-electron chi connectivity index (χ4n) is 18.6. The molecular weight excluding hydrogens is 993 g/mol. The highest BCUT2D eigenvalue weighted by atomic mass is 16.7. The Morgan fingerprint density at radius 3 is 2.23 bits per heavy atom. The minimum atomic E-state index is -0.945. The van der Waals surface area contributed by atoms with Crippen molar-refractivity contribution in [2.24, 2.45) is 77.1 Å². The Hall–Kier alpha value is -5.96. The molecule has 8 aliphatic carbocycles. The van der Waals surface area contributed by atoms with Crippen molar-refractivity contribution in [3.05, 3.63) is 130 Å². The number of hydrogen-bond donors (Lipinski definition) is 1. The Kier molecular flexibility index (Phi) is 14.8. The molecule has 9 aliphatic rings. The van der Waals surface area contributed by atoms with Gasteiger partial charge < -0.3 is 19.1 Å². The molecule has 2 heterocycles. The summed E-state index contributed by atoms with van der Waals surface area (Å²) < 4.78 is 14.0.